The van der Waals surface area contributed by atoms with Crippen LogP contribution in [0.3, 0.4) is 0 Å². The lowest BCUT2D eigenvalue weighted by molar-refractivity contribution is 0.468. The normalized spacial score (nSPS) is 14.2. The van der Waals surface area contributed by atoms with E-state index < -0.39 is 17.2 Å². The monoisotopic (exact) mass is 345 g/mol. The number of nitrogens with two attached hydrogens (primary N) is 1. The van der Waals surface area contributed by atoms with E-state index in [1.807, 2.05) is 0 Å². The Hall–Kier alpha value is -0.970. The Morgan fingerprint density at radius 1 is 1.16 bits per heavy atom. The quantitative estimate of drug-likeness (QED) is 0.845. The Balaban J connectivity index is 2.61. The van der Waals surface area contributed by atoms with Crippen LogP contribution in [0.15, 0.2) is 40.9 Å². The molecule has 0 fully saturated rings. The molecule has 0 aliphatic heterocycles. The van der Waals surface area contributed by atoms with Crippen LogP contribution in [-0.4, -0.2) is 0 Å². The summed E-state index contributed by atoms with van der Waals surface area (Å²) in [7, 11) is 0. The summed E-state index contributed by atoms with van der Waals surface area (Å²) in [6.45, 7) is 1.60. The van der Waals surface area contributed by atoms with Gasteiger partial charge in [0.05, 0.1) is 5.54 Å². The molecular formula is C14H11BrClF2N. The second-order valence-electron chi connectivity index (χ2n) is 4.43. The van der Waals surface area contributed by atoms with Crippen molar-refractivity contribution in [2.24, 2.45) is 5.73 Å². The van der Waals surface area contributed by atoms with Crippen molar-refractivity contribution in [3.63, 3.8) is 0 Å². The molecule has 0 saturated heterocycles. The molecule has 100 valence electrons. The maximum absolute atomic E-state index is 13.9. The van der Waals surface area contributed by atoms with Gasteiger partial charge < -0.3 is 5.73 Å². The Morgan fingerprint density at radius 2 is 1.84 bits per heavy atom. The molecule has 2 aromatic carbocycles. The van der Waals surface area contributed by atoms with Gasteiger partial charge in [0.25, 0.3) is 0 Å². The summed E-state index contributed by atoms with van der Waals surface area (Å²) in [5, 5.41) is 0.392. The Kier molecular flexibility index (Phi) is 3.95. The second-order valence-corrected chi connectivity index (χ2v) is 5.75. The van der Waals surface area contributed by atoms with Gasteiger partial charge >= 0.3 is 0 Å². The van der Waals surface area contributed by atoms with Crippen LogP contribution >= 0.6 is 27.5 Å². The van der Waals surface area contributed by atoms with E-state index in [4.69, 9.17) is 17.3 Å². The third-order valence-electron chi connectivity index (χ3n) is 3.00. The van der Waals surface area contributed by atoms with Crippen molar-refractivity contribution in [2.75, 3.05) is 0 Å². The van der Waals surface area contributed by atoms with Crippen molar-refractivity contribution >= 4 is 27.5 Å². The van der Waals surface area contributed by atoms with Crippen molar-refractivity contribution in [1.82, 2.24) is 0 Å². The summed E-state index contributed by atoms with van der Waals surface area (Å²) in [6, 6.07) is 9.04. The summed E-state index contributed by atoms with van der Waals surface area (Å²) in [4.78, 5) is 0. The molecule has 0 radical (unpaired) electrons. The first kappa shape index (κ1) is 14.4. The third kappa shape index (κ3) is 2.66. The van der Waals surface area contributed by atoms with E-state index in [2.05, 4.69) is 15.9 Å². The van der Waals surface area contributed by atoms with Gasteiger partial charge in [0.15, 0.2) is 11.6 Å². The number of halogens is 4. The van der Waals surface area contributed by atoms with Gasteiger partial charge in [-0.25, -0.2) is 8.78 Å². The molecule has 1 unspecified atom stereocenters. The number of benzene rings is 2. The smallest absolute Gasteiger partial charge is 0.164 e. The van der Waals surface area contributed by atoms with Crippen molar-refractivity contribution in [2.45, 2.75) is 12.5 Å². The zero-order valence-corrected chi connectivity index (χ0v) is 12.4. The molecule has 2 N–H and O–H groups in total. The highest BCUT2D eigenvalue weighted by atomic mass is 79.9. The van der Waals surface area contributed by atoms with E-state index >= 15 is 0 Å². The maximum Gasteiger partial charge on any atom is 0.164 e. The molecule has 0 spiro atoms. The maximum atomic E-state index is 13.9. The third-order valence-corrected chi connectivity index (χ3v) is 3.81. The predicted octanol–water partition coefficient (Wildman–Crippen LogP) is 4.60. The summed E-state index contributed by atoms with van der Waals surface area (Å²) in [5.74, 6) is -1.88. The number of rotatable bonds is 2. The van der Waals surface area contributed by atoms with Gasteiger partial charge in [-0.15, -0.1) is 0 Å². The van der Waals surface area contributed by atoms with Crippen LogP contribution in [-0.2, 0) is 5.54 Å². The van der Waals surface area contributed by atoms with Gasteiger partial charge in [0, 0.05) is 15.1 Å². The SMILES string of the molecule is CC(N)(c1ccc(Br)cc1Cl)c1cccc(F)c1F. The van der Waals surface area contributed by atoms with E-state index in [1.165, 1.54) is 12.1 Å². The van der Waals surface area contributed by atoms with Crippen molar-refractivity contribution < 1.29 is 8.78 Å². The number of hydrogen-bond donors (Lipinski definition) is 1. The molecule has 1 nitrogen and oxygen atoms in total. The molecule has 0 aliphatic carbocycles. The highest BCUT2D eigenvalue weighted by molar-refractivity contribution is 9.10. The van der Waals surface area contributed by atoms with Gasteiger partial charge in [-0.1, -0.05) is 45.7 Å². The van der Waals surface area contributed by atoms with Crippen LogP contribution in [0.4, 0.5) is 8.78 Å². The van der Waals surface area contributed by atoms with Gasteiger partial charge in [0.1, 0.15) is 0 Å². The highest BCUT2D eigenvalue weighted by Crippen LogP contribution is 2.35. The molecule has 1 atom stereocenters. The molecule has 0 heterocycles. The van der Waals surface area contributed by atoms with E-state index in [0.29, 0.717) is 10.6 Å². The van der Waals surface area contributed by atoms with Crippen LogP contribution < -0.4 is 5.73 Å². The van der Waals surface area contributed by atoms with Crippen LogP contribution in [0.1, 0.15) is 18.1 Å². The first-order chi connectivity index (χ1) is 8.84. The van der Waals surface area contributed by atoms with Crippen molar-refractivity contribution in [3.05, 3.63) is 68.7 Å². The van der Waals surface area contributed by atoms with Crippen LogP contribution in [0.25, 0.3) is 0 Å². The molecule has 19 heavy (non-hydrogen) atoms. The standard InChI is InChI=1S/C14H11BrClF2N/c1-14(19,9-6-5-8(15)7-11(9)16)10-3-2-4-12(17)13(10)18/h2-7H,19H2,1H3. The molecule has 2 rings (SSSR count). The van der Waals surface area contributed by atoms with Crippen molar-refractivity contribution in [1.29, 1.82) is 0 Å². The summed E-state index contributed by atoms with van der Waals surface area (Å²) >= 11 is 9.42. The topological polar surface area (TPSA) is 26.0 Å². The van der Waals surface area contributed by atoms with Crippen LogP contribution in [0, 0.1) is 11.6 Å². The van der Waals surface area contributed by atoms with E-state index in [0.717, 1.165) is 10.5 Å². The van der Waals surface area contributed by atoms with Crippen molar-refractivity contribution in [3.8, 4) is 0 Å². The van der Waals surface area contributed by atoms with Crippen LogP contribution in [0.5, 0.6) is 0 Å². The highest BCUT2D eigenvalue weighted by Gasteiger charge is 2.30. The van der Waals surface area contributed by atoms with Gasteiger partial charge in [-0.2, -0.15) is 0 Å². The zero-order chi connectivity index (χ0) is 14.2. The van der Waals surface area contributed by atoms with Gasteiger partial charge in [-0.05, 0) is 30.7 Å². The lowest BCUT2D eigenvalue weighted by Gasteiger charge is -2.27. The van der Waals surface area contributed by atoms with Gasteiger partial charge in [0.2, 0.25) is 0 Å². The van der Waals surface area contributed by atoms with E-state index in [9.17, 15) is 8.78 Å². The minimum absolute atomic E-state index is 0.0664. The molecule has 5 heteroatoms. The lowest BCUT2D eigenvalue weighted by atomic mass is 9.85. The first-order valence-corrected chi connectivity index (χ1v) is 6.70. The fourth-order valence-electron chi connectivity index (χ4n) is 1.96. The molecule has 0 aliphatic rings. The number of hydrogen-bond acceptors (Lipinski definition) is 1. The molecule has 0 aromatic heterocycles. The molecule has 0 bridgehead atoms. The molecule has 0 amide bonds. The van der Waals surface area contributed by atoms with Crippen LogP contribution in [0.2, 0.25) is 5.02 Å². The van der Waals surface area contributed by atoms with E-state index in [1.54, 1.807) is 25.1 Å². The van der Waals surface area contributed by atoms with Gasteiger partial charge in [-0.3, -0.25) is 0 Å². The largest absolute Gasteiger partial charge is 0.318 e. The minimum Gasteiger partial charge on any atom is -0.318 e. The summed E-state index contributed by atoms with van der Waals surface area (Å²) in [6.07, 6.45) is 0. The Bertz CT molecular complexity index is 629. The average molecular weight is 347 g/mol. The molecular weight excluding hydrogens is 336 g/mol. The minimum atomic E-state index is -1.22. The molecule has 0 saturated carbocycles. The zero-order valence-electron chi connectivity index (χ0n) is 10.1. The fourth-order valence-corrected chi connectivity index (χ4v) is 2.83. The Labute approximate surface area is 123 Å². The Morgan fingerprint density at radius 3 is 2.47 bits per heavy atom. The first-order valence-electron chi connectivity index (χ1n) is 5.53. The fraction of sp³-hybridized carbons (Fsp3) is 0.143. The summed E-state index contributed by atoms with van der Waals surface area (Å²) in [5.41, 5.74) is 5.55. The lowest BCUT2D eigenvalue weighted by Crippen LogP contribution is -2.36. The summed E-state index contributed by atoms with van der Waals surface area (Å²) < 4.78 is 28.0. The predicted molar refractivity (Wildman–Crippen MR) is 76.2 cm³/mol. The second kappa shape index (κ2) is 5.19. The molecule has 2 aromatic rings. The van der Waals surface area contributed by atoms with E-state index in [-0.39, 0.29) is 5.56 Å². The average Bonchev–Trinajstić information content (AvgIpc) is 2.31.